The first-order chi connectivity index (χ1) is 10.0. The van der Waals surface area contributed by atoms with Crippen LogP contribution in [0.2, 0.25) is 0 Å². The minimum absolute atomic E-state index is 0.0327. The second-order valence-corrected chi connectivity index (χ2v) is 3.75. The van der Waals surface area contributed by atoms with Gasteiger partial charge >= 0.3 is 5.97 Å². The van der Waals surface area contributed by atoms with E-state index in [0.29, 0.717) is 0 Å². The largest absolute Gasteiger partial charge is 0.493 e. The summed E-state index contributed by atoms with van der Waals surface area (Å²) in [5.41, 5.74) is -0.454. The van der Waals surface area contributed by atoms with E-state index < -0.39 is 10.9 Å². The highest BCUT2D eigenvalue weighted by Crippen LogP contribution is 2.34. The van der Waals surface area contributed by atoms with Gasteiger partial charge in [-0.1, -0.05) is 0 Å². The molecule has 0 bridgehead atoms. The maximum Gasteiger partial charge on any atom is 0.341 e. The van der Waals surface area contributed by atoms with Crippen LogP contribution in [-0.2, 0) is 0 Å². The summed E-state index contributed by atoms with van der Waals surface area (Å²) in [6, 6.07) is 4.89. The van der Waals surface area contributed by atoms with Gasteiger partial charge in [-0.2, -0.15) is 5.10 Å². The first-order valence-corrected chi connectivity index (χ1v) is 5.58. The molecule has 2 aromatic rings. The fourth-order valence-electron chi connectivity index (χ4n) is 1.52. The lowest BCUT2D eigenvalue weighted by Gasteiger charge is -2.10. The maximum absolute atomic E-state index is 11.1. The Hall–Kier alpha value is -3.23. The van der Waals surface area contributed by atoms with Crippen LogP contribution in [-0.4, -0.2) is 33.3 Å². The predicted molar refractivity (Wildman–Crippen MR) is 68.7 cm³/mol. The minimum Gasteiger partial charge on any atom is -0.493 e. The Balaban J connectivity index is 2.45. The lowest BCUT2D eigenvalue weighted by molar-refractivity contribution is -0.384. The molecule has 0 aliphatic heterocycles. The van der Waals surface area contributed by atoms with Gasteiger partial charge in [0, 0.05) is 6.07 Å². The molecular weight excluding hydrogens is 282 g/mol. The van der Waals surface area contributed by atoms with Gasteiger partial charge < -0.3 is 14.6 Å². The van der Waals surface area contributed by atoms with Gasteiger partial charge in [-0.3, -0.25) is 10.1 Å². The second-order valence-electron chi connectivity index (χ2n) is 3.75. The number of nitrogens with zero attached hydrogens (tertiary/aromatic N) is 3. The van der Waals surface area contributed by atoms with Crippen LogP contribution < -0.4 is 9.47 Å². The third-order valence-electron chi connectivity index (χ3n) is 2.48. The number of non-ortho nitro benzene ring substituents is 1. The monoisotopic (exact) mass is 291 g/mol. The van der Waals surface area contributed by atoms with Gasteiger partial charge in [-0.15, -0.1) is 5.10 Å². The number of rotatable bonds is 5. The molecule has 0 amide bonds. The van der Waals surface area contributed by atoms with Gasteiger partial charge in [0.15, 0.2) is 11.5 Å². The molecule has 9 heteroatoms. The molecule has 0 aliphatic carbocycles. The van der Waals surface area contributed by atoms with Crippen molar-refractivity contribution in [2.24, 2.45) is 0 Å². The second kappa shape index (κ2) is 5.82. The average Bonchev–Trinajstić information content (AvgIpc) is 2.47. The lowest BCUT2D eigenvalue weighted by atomic mass is 10.2. The molecule has 0 aliphatic rings. The molecule has 0 fully saturated rings. The van der Waals surface area contributed by atoms with E-state index in [0.717, 1.165) is 6.07 Å². The smallest absolute Gasteiger partial charge is 0.341 e. The summed E-state index contributed by atoms with van der Waals surface area (Å²) in [7, 11) is 1.35. The van der Waals surface area contributed by atoms with Crippen molar-refractivity contribution in [3.05, 3.63) is 46.1 Å². The van der Waals surface area contributed by atoms with Crippen molar-refractivity contribution < 1.29 is 24.3 Å². The van der Waals surface area contributed by atoms with E-state index in [-0.39, 0.29) is 28.6 Å². The number of benzene rings is 1. The summed E-state index contributed by atoms with van der Waals surface area (Å²) in [4.78, 5) is 21.2. The van der Waals surface area contributed by atoms with Crippen molar-refractivity contribution in [2.45, 2.75) is 0 Å². The summed E-state index contributed by atoms with van der Waals surface area (Å²) < 4.78 is 10.3. The van der Waals surface area contributed by atoms with E-state index >= 15 is 0 Å². The molecule has 0 atom stereocenters. The van der Waals surface area contributed by atoms with Crippen molar-refractivity contribution in [1.82, 2.24) is 10.2 Å². The fourth-order valence-corrected chi connectivity index (χ4v) is 1.52. The summed E-state index contributed by atoms with van der Waals surface area (Å²) in [5, 5.41) is 26.9. The number of carboxylic acid groups (broad SMARTS) is 1. The van der Waals surface area contributed by atoms with Crippen LogP contribution in [0.1, 0.15) is 10.4 Å². The van der Waals surface area contributed by atoms with E-state index in [1.807, 2.05) is 0 Å². The van der Waals surface area contributed by atoms with E-state index in [4.69, 9.17) is 14.6 Å². The van der Waals surface area contributed by atoms with Crippen molar-refractivity contribution in [2.75, 3.05) is 7.11 Å². The Morgan fingerprint density at radius 3 is 2.71 bits per heavy atom. The van der Waals surface area contributed by atoms with Crippen molar-refractivity contribution in [3.63, 3.8) is 0 Å². The molecule has 2 rings (SSSR count). The first-order valence-electron chi connectivity index (χ1n) is 5.58. The Morgan fingerprint density at radius 1 is 1.33 bits per heavy atom. The van der Waals surface area contributed by atoms with Gasteiger partial charge in [-0.05, 0) is 12.1 Å². The zero-order valence-electron chi connectivity index (χ0n) is 10.7. The predicted octanol–water partition coefficient (Wildman–Crippen LogP) is 1.88. The van der Waals surface area contributed by atoms with Crippen LogP contribution >= 0.6 is 0 Å². The minimum atomic E-state index is -1.26. The number of nitro benzene ring substituents is 1. The first kappa shape index (κ1) is 14.2. The zero-order valence-corrected chi connectivity index (χ0v) is 10.7. The molecule has 1 N–H and O–H groups in total. The van der Waals surface area contributed by atoms with Crippen molar-refractivity contribution in [1.29, 1.82) is 0 Å². The molecule has 108 valence electrons. The van der Waals surface area contributed by atoms with Crippen LogP contribution in [0.3, 0.4) is 0 Å². The highest BCUT2D eigenvalue weighted by molar-refractivity contribution is 5.90. The molecule has 1 aromatic heterocycles. The van der Waals surface area contributed by atoms with E-state index in [1.54, 1.807) is 0 Å². The molecule has 1 heterocycles. The van der Waals surface area contributed by atoms with E-state index in [1.165, 1.54) is 31.5 Å². The number of carbonyl (C=O) groups is 1. The number of aromatic carboxylic acids is 1. The summed E-state index contributed by atoms with van der Waals surface area (Å²) in [6.45, 7) is 0. The molecule has 0 radical (unpaired) electrons. The molecule has 0 spiro atoms. The third kappa shape index (κ3) is 3.03. The fraction of sp³-hybridized carbons (Fsp3) is 0.0833. The van der Waals surface area contributed by atoms with Gasteiger partial charge in [0.1, 0.15) is 5.56 Å². The maximum atomic E-state index is 11.1. The lowest BCUT2D eigenvalue weighted by Crippen LogP contribution is -2.03. The topological polar surface area (TPSA) is 125 Å². The number of nitro groups is 1. The molecule has 0 saturated carbocycles. The average molecular weight is 291 g/mol. The number of hydrogen-bond donors (Lipinski definition) is 1. The molecule has 0 unspecified atom stereocenters. The number of methoxy groups -OCH3 is 1. The molecular formula is C12H9N3O6. The SMILES string of the molecule is COc1ccc([N+](=O)[O-])cc1Oc1nnccc1C(=O)O. The molecule has 9 nitrogen and oxygen atoms in total. The van der Waals surface area contributed by atoms with Crippen LogP contribution in [0.15, 0.2) is 30.5 Å². The molecule has 1 aromatic carbocycles. The highest BCUT2D eigenvalue weighted by Gasteiger charge is 2.18. The quantitative estimate of drug-likeness (QED) is 0.653. The third-order valence-corrected chi connectivity index (χ3v) is 2.48. The van der Waals surface area contributed by atoms with Crippen LogP contribution in [0, 0.1) is 10.1 Å². The number of carboxylic acids is 1. The summed E-state index contributed by atoms with van der Waals surface area (Å²) in [6.07, 6.45) is 1.20. The van der Waals surface area contributed by atoms with Gasteiger partial charge in [0.25, 0.3) is 11.6 Å². The van der Waals surface area contributed by atoms with Gasteiger partial charge in [-0.25, -0.2) is 4.79 Å². The van der Waals surface area contributed by atoms with Gasteiger partial charge in [0.2, 0.25) is 0 Å². The van der Waals surface area contributed by atoms with E-state index in [2.05, 4.69) is 10.2 Å². The highest BCUT2D eigenvalue weighted by atomic mass is 16.6. The number of aromatic nitrogens is 2. The van der Waals surface area contributed by atoms with Crippen molar-refractivity contribution >= 4 is 11.7 Å². The van der Waals surface area contributed by atoms with Crippen LogP contribution in [0.25, 0.3) is 0 Å². The Labute approximate surface area is 117 Å². The summed E-state index contributed by atoms with van der Waals surface area (Å²) in [5.74, 6) is -1.38. The Morgan fingerprint density at radius 2 is 2.10 bits per heavy atom. The Kier molecular flexibility index (Phi) is 3.93. The normalized spacial score (nSPS) is 9.95. The van der Waals surface area contributed by atoms with Crippen LogP contribution in [0.4, 0.5) is 5.69 Å². The Bertz CT molecular complexity index is 703. The molecule has 0 saturated heterocycles. The van der Waals surface area contributed by atoms with Crippen LogP contribution in [0.5, 0.6) is 17.4 Å². The van der Waals surface area contributed by atoms with Gasteiger partial charge in [0.05, 0.1) is 24.3 Å². The number of hydrogen-bond acceptors (Lipinski definition) is 7. The van der Waals surface area contributed by atoms with Crippen molar-refractivity contribution in [3.8, 4) is 17.4 Å². The zero-order chi connectivity index (χ0) is 15.4. The standard InChI is InChI=1S/C12H9N3O6/c1-20-9-3-2-7(15(18)19)6-10(9)21-11-8(12(16)17)4-5-13-14-11/h2-6H,1H3,(H,16,17). The molecule has 21 heavy (non-hydrogen) atoms. The summed E-state index contributed by atoms with van der Waals surface area (Å²) >= 11 is 0. The number of ether oxygens (including phenoxy) is 2. The van der Waals surface area contributed by atoms with E-state index in [9.17, 15) is 14.9 Å².